The molecule has 1 aromatic carbocycles. The van der Waals surface area contributed by atoms with Crippen LogP contribution in [0.3, 0.4) is 0 Å². The highest BCUT2D eigenvalue weighted by atomic mass is 79.9. The standard InChI is InChI=1S/C15H18BrNO4/c1-10-3-4-11(12(16)7-10)5-6-13(18)17-9-15(2,21)8-14(19)20/h3-7,21H,8-9H2,1-2H3,(H,17,18)(H,19,20). The summed E-state index contributed by atoms with van der Waals surface area (Å²) in [7, 11) is 0. The maximum absolute atomic E-state index is 11.7. The molecular formula is C15H18BrNO4. The lowest BCUT2D eigenvalue weighted by atomic mass is 10.0. The summed E-state index contributed by atoms with van der Waals surface area (Å²) >= 11 is 3.41. The lowest BCUT2D eigenvalue weighted by Crippen LogP contribution is -2.41. The Morgan fingerprint density at radius 1 is 1.43 bits per heavy atom. The molecule has 21 heavy (non-hydrogen) atoms. The number of hydrogen-bond acceptors (Lipinski definition) is 3. The molecule has 0 aliphatic heterocycles. The fraction of sp³-hybridized carbons (Fsp3) is 0.333. The molecule has 1 amide bonds. The largest absolute Gasteiger partial charge is 0.481 e. The molecule has 114 valence electrons. The molecule has 1 rings (SSSR count). The summed E-state index contributed by atoms with van der Waals surface area (Å²) in [6, 6.07) is 5.75. The van der Waals surface area contributed by atoms with E-state index in [1.165, 1.54) is 13.0 Å². The Bertz CT molecular complexity index is 567. The lowest BCUT2D eigenvalue weighted by Gasteiger charge is -2.20. The molecule has 0 aromatic heterocycles. The molecule has 0 spiro atoms. The number of nitrogens with one attached hydrogen (secondary N) is 1. The van der Waals surface area contributed by atoms with Gasteiger partial charge in [0.15, 0.2) is 0 Å². The van der Waals surface area contributed by atoms with Crippen molar-refractivity contribution in [2.45, 2.75) is 25.9 Å². The van der Waals surface area contributed by atoms with Crippen LogP contribution in [0.4, 0.5) is 0 Å². The van der Waals surface area contributed by atoms with Crippen molar-refractivity contribution >= 4 is 33.9 Å². The van der Waals surface area contributed by atoms with Crippen LogP contribution in [0.2, 0.25) is 0 Å². The lowest BCUT2D eigenvalue weighted by molar-refractivity contribution is -0.142. The molecule has 0 saturated heterocycles. The Hall–Kier alpha value is -1.66. The van der Waals surface area contributed by atoms with Crippen LogP contribution in [-0.2, 0) is 9.59 Å². The van der Waals surface area contributed by atoms with E-state index in [1.807, 2.05) is 25.1 Å². The number of carboxylic acids is 1. The molecule has 0 aliphatic carbocycles. The fourth-order valence-electron chi connectivity index (χ4n) is 1.66. The number of benzene rings is 1. The Labute approximate surface area is 131 Å². The summed E-state index contributed by atoms with van der Waals surface area (Å²) in [5.41, 5.74) is 0.487. The number of aryl methyl sites for hydroxylation is 1. The van der Waals surface area contributed by atoms with Gasteiger partial charge in [0.05, 0.1) is 12.0 Å². The first kappa shape index (κ1) is 17.4. The van der Waals surface area contributed by atoms with Gasteiger partial charge >= 0.3 is 5.97 Å². The van der Waals surface area contributed by atoms with Gasteiger partial charge in [-0.1, -0.05) is 28.1 Å². The van der Waals surface area contributed by atoms with Gasteiger partial charge < -0.3 is 15.5 Å². The first-order chi connectivity index (χ1) is 9.69. The highest BCUT2D eigenvalue weighted by Crippen LogP contribution is 2.19. The molecule has 0 fully saturated rings. The van der Waals surface area contributed by atoms with Gasteiger partial charge in [-0.3, -0.25) is 9.59 Å². The van der Waals surface area contributed by atoms with E-state index in [0.29, 0.717) is 0 Å². The first-order valence-corrected chi connectivity index (χ1v) is 7.15. The van der Waals surface area contributed by atoms with Crippen LogP contribution in [0.15, 0.2) is 28.7 Å². The predicted molar refractivity (Wildman–Crippen MR) is 83.8 cm³/mol. The van der Waals surface area contributed by atoms with E-state index in [-0.39, 0.29) is 6.54 Å². The molecule has 0 heterocycles. The molecule has 1 aromatic rings. The number of carbonyl (C=O) groups excluding carboxylic acids is 1. The average molecular weight is 356 g/mol. The van der Waals surface area contributed by atoms with Gasteiger partial charge in [0, 0.05) is 17.1 Å². The summed E-state index contributed by atoms with van der Waals surface area (Å²) in [6.45, 7) is 3.20. The molecule has 0 radical (unpaired) electrons. The maximum Gasteiger partial charge on any atom is 0.306 e. The number of hydrogen-bond donors (Lipinski definition) is 3. The van der Waals surface area contributed by atoms with E-state index in [0.717, 1.165) is 15.6 Å². The van der Waals surface area contributed by atoms with Crippen molar-refractivity contribution in [2.75, 3.05) is 6.54 Å². The number of carboxylic acid groups (broad SMARTS) is 1. The average Bonchev–Trinajstić information content (AvgIpc) is 2.34. The molecule has 1 atom stereocenters. The second-order valence-electron chi connectivity index (χ2n) is 5.14. The number of carbonyl (C=O) groups is 2. The van der Waals surface area contributed by atoms with Crippen LogP contribution in [0.1, 0.15) is 24.5 Å². The Kier molecular flexibility index (Phi) is 6.11. The van der Waals surface area contributed by atoms with Crippen LogP contribution >= 0.6 is 15.9 Å². The van der Waals surface area contributed by atoms with Crippen molar-refractivity contribution in [1.82, 2.24) is 5.32 Å². The summed E-state index contributed by atoms with van der Waals surface area (Å²) in [6.07, 6.45) is 2.55. The molecule has 0 saturated carbocycles. The molecular weight excluding hydrogens is 338 g/mol. The summed E-state index contributed by atoms with van der Waals surface area (Å²) in [5, 5.41) is 20.9. The predicted octanol–water partition coefficient (Wildman–Crippen LogP) is 2.11. The quantitative estimate of drug-likeness (QED) is 0.682. The van der Waals surface area contributed by atoms with E-state index >= 15 is 0 Å². The number of halogens is 1. The van der Waals surface area contributed by atoms with Crippen molar-refractivity contribution in [3.8, 4) is 0 Å². The van der Waals surface area contributed by atoms with Crippen molar-refractivity contribution in [3.05, 3.63) is 39.9 Å². The molecule has 0 aliphatic rings. The third-order valence-corrected chi connectivity index (χ3v) is 3.43. The minimum atomic E-state index is -1.47. The normalized spacial score (nSPS) is 13.9. The topological polar surface area (TPSA) is 86.6 Å². The van der Waals surface area contributed by atoms with Gasteiger partial charge in [0.2, 0.25) is 5.91 Å². The first-order valence-electron chi connectivity index (χ1n) is 6.36. The van der Waals surface area contributed by atoms with Gasteiger partial charge in [-0.05, 0) is 37.1 Å². The Morgan fingerprint density at radius 3 is 2.67 bits per heavy atom. The third-order valence-electron chi connectivity index (χ3n) is 2.75. The van der Waals surface area contributed by atoms with Gasteiger partial charge in [-0.25, -0.2) is 0 Å². The smallest absolute Gasteiger partial charge is 0.306 e. The highest BCUT2D eigenvalue weighted by Gasteiger charge is 2.24. The molecule has 0 bridgehead atoms. The Balaban J connectivity index is 2.57. The zero-order chi connectivity index (χ0) is 16.0. The second kappa shape index (κ2) is 7.38. The van der Waals surface area contributed by atoms with Crippen molar-refractivity contribution in [1.29, 1.82) is 0 Å². The molecule has 5 nitrogen and oxygen atoms in total. The van der Waals surface area contributed by atoms with E-state index in [2.05, 4.69) is 21.2 Å². The van der Waals surface area contributed by atoms with E-state index < -0.39 is 23.9 Å². The third kappa shape index (κ3) is 6.55. The maximum atomic E-state index is 11.7. The van der Waals surface area contributed by atoms with E-state index in [9.17, 15) is 14.7 Å². The zero-order valence-electron chi connectivity index (χ0n) is 11.9. The van der Waals surface area contributed by atoms with Gasteiger partial charge in [0.25, 0.3) is 0 Å². The van der Waals surface area contributed by atoms with Gasteiger partial charge in [-0.15, -0.1) is 0 Å². The fourth-order valence-corrected chi connectivity index (χ4v) is 2.28. The summed E-state index contributed by atoms with van der Waals surface area (Å²) < 4.78 is 0.879. The number of amides is 1. The molecule has 3 N–H and O–H groups in total. The zero-order valence-corrected chi connectivity index (χ0v) is 13.5. The number of aliphatic carboxylic acids is 1. The van der Waals surface area contributed by atoms with Gasteiger partial charge in [0.1, 0.15) is 0 Å². The second-order valence-corrected chi connectivity index (χ2v) is 6.00. The van der Waals surface area contributed by atoms with Crippen LogP contribution < -0.4 is 5.32 Å². The summed E-state index contributed by atoms with van der Waals surface area (Å²) in [4.78, 5) is 22.2. The van der Waals surface area contributed by atoms with Gasteiger partial charge in [-0.2, -0.15) is 0 Å². The van der Waals surface area contributed by atoms with E-state index in [4.69, 9.17) is 5.11 Å². The van der Waals surface area contributed by atoms with Crippen LogP contribution in [0.5, 0.6) is 0 Å². The van der Waals surface area contributed by atoms with Crippen molar-refractivity contribution in [2.24, 2.45) is 0 Å². The minimum absolute atomic E-state index is 0.127. The van der Waals surface area contributed by atoms with Crippen LogP contribution in [-0.4, -0.2) is 34.2 Å². The number of rotatable bonds is 6. The summed E-state index contributed by atoms with van der Waals surface area (Å²) in [5.74, 6) is -1.51. The molecule has 1 unspecified atom stereocenters. The highest BCUT2D eigenvalue weighted by molar-refractivity contribution is 9.10. The van der Waals surface area contributed by atoms with Crippen LogP contribution in [0, 0.1) is 6.92 Å². The SMILES string of the molecule is Cc1ccc(C=CC(=O)NCC(C)(O)CC(=O)O)c(Br)c1. The minimum Gasteiger partial charge on any atom is -0.481 e. The number of aliphatic hydroxyl groups is 1. The Morgan fingerprint density at radius 2 is 2.10 bits per heavy atom. The van der Waals surface area contributed by atoms with Crippen molar-refractivity contribution in [3.63, 3.8) is 0 Å². The monoisotopic (exact) mass is 355 g/mol. The van der Waals surface area contributed by atoms with Crippen LogP contribution in [0.25, 0.3) is 6.08 Å². The molecule has 6 heteroatoms. The van der Waals surface area contributed by atoms with E-state index in [1.54, 1.807) is 6.08 Å². The van der Waals surface area contributed by atoms with Crippen molar-refractivity contribution < 1.29 is 19.8 Å².